The van der Waals surface area contributed by atoms with Gasteiger partial charge in [0.05, 0.1) is 17.4 Å². The summed E-state index contributed by atoms with van der Waals surface area (Å²) < 4.78 is 0. The molecule has 168 valence electrons. The molecular formula is C26H24ClN3O3. The lowest BCUT2D eigenvalue weighted by molar-refractivity contribution is -0.126. The largest absolute Gasteiger partial charge is 0.378 e. The number of hydrogen-bond acceptors (Lipinski definition) is 5. The number of carbonyl (C=O) groups is 2. The first-order valence-corrected chi connectivity index (χ1v) is 11.2. The Bertz CT molecular complexity index is 1210. The van der Waals surface area contributed by atoms with E-state index in [1.807, 2.05) is 74.4 Å². The molecule has 0 aliphatic carbocycles. The fraction of sp³-hybridized carbons (Fsp3) is 0.231. The van der Waals surface area contributed by atoms with Crippen molar-refractivity contribution in [3.05, 3.63) is 88.9 Å². The van der Waals surface area contributed by atoms with Crippen LogP contribution in [0.3, 0.4) is 0 Å². The number of rotatable bonds is 4. The SMILES string of the molecule is Cc1ccccc1N1O[C@@H]2C(=O)N(c3ccc(Cl)cc3)C(=O)[C@H]2[C@H]1c1ccc(N(C)C)cc1. The maximum atomic E-state index is 13.7. The molecule has 0 aromatic heterocycles. The van der Waals surface area contributed by atoms with Crippen LogP contribution in [-0.2, 0) is 14.4 Å². The van der Waals surface area contributed by atoms with Gasteiger partial charge >= 0.3 is 0 Å². The summed E-state index contributed by atoms with van der Waals surface area (Å²) >= 11 is 6.00. The number of nitrogens with zero attached hydrogens (tertiary/aromatic N) is 3. The zero-order valence-electron chi connectivity index (χ0n) is 18.6. The first kappa shape index (κ1) is 21.5. The Labute approximate surface area is 197 Å². The van der Waals surface area contributed by atoms with Gasteiger partial charge in [0.15, 0.2) is 6.10 Å². The molecule has 3 aromatic rings. The summed E-state index contributed by atoms with van der Waals surface area (Å²) in [5, 5.41) is 2.28. The van der Waals surface area contributed by atoms with Crippen LogP contribution in [0.4, 0.5) is 17.1 Å². The second-order valence-electron chi connectivity index (χ2n) is 8.58. The standard InChI is InChI=1S/C26H24ClN3O3/c1-16-6-4-5-7-21(16)30-23(17-8-12-19(13-9-17)28(2)3)22-24(33-30)26(32)29(25(22)31)20-14-10-18(27)11-15-20/h4-15,22-24H,1-3H3/t22-,23+,24-/m0/s1. The minimum absolute atomic E-state index is 0.273. The fourth-order valence-electron chi connectivity index (χ4n) is 4.59. The highest BCUT2D eigenvalue weighted by Gasteiger charge is 2.60. The van der Waals surface area contributed by atoms with Gasteiger partial charge in [0.2, 0.25) is 5.91 Å². The van der Waals surface area contributed by atoms with Crippen LogP contribution in [0.2, 0.25) is 5.02 Å². The molecule has 2 aliphatic rings. The van der Waals surface area contributed by atoms with E-state index in [1.54, 1.807) is 29.3 Å². The minimum atomic E-state index is -0.897. The quantitative estimate of drug-likeness (QED) is 0.524. The normalized spacial score (nSPS) is 22.1. The van der Waals surface area contributed by atoms with E-state index in [1.165, 1.54) is 4.90 Å². The van der Waals surface area contributed by atoms with Crippen LogP contribution in [0.1, 0.15) is 17.2 Å². The average Bonchev–Trinajstić information content (AvgIpc) is 3.31. The molecule has 0 spiro atoms. The van der Waals surface area contributed by atoms with Gasteiger partial charge in [-0.3, -0.25) is 14.4 Å². The topological polar surface area (TPSA) is 53.1 Å². The van der Waals surface area contributed by atoms with Crippen molar-refractivity contribution in [2.45, 2.75) is 19.1 Å². The number of anilines is 3. The number of aryl methyl sites for hydroxylation is 1. The van der Waals surface area contributed by atoms with Crippen molar-refractivity contribution >= 4 is 40.5 Å². The van der Waals surface area contributed by atoms with Crippen LogP contribution in [0.5, 0.6) is 0 Å². The highest BCUT2D eigenvalue weighted by molar-refractivity contribution is 6.31. The molecule has 0 unspecified atom stereocenters. The van der Waals surface area contributed by atoms with Crippen molar-refractivity contribution in [1.82, 2.24) is 0 Å². The van der Waals surface area contributed by atoms with Crippen molar-refractivity contribution in [3.8, 4) is 0 Å². The number of imide groups is 1. The molecule has 0 radical (unpaired) electrons. The monoisotopic (exact) mass is 461 g/mol. The van der Waals surface area contributed by atoms with Crippen LogP contribution in [0, 0.1) is 12.8 Å². The molecule has 6 nitrogen and oxygen atoms in total. The van der Waals surface area contributed by atoms with Crippen molar-refractivity contribution in [1.29, 1.82) is 0 Å². The Balaban J connectivity index is 1.58. The first-order valence-electron chi connectivity index (χ1n) is 10.8. The van der Waals surface area contributed by atoms with Crippen molar-refractivity contribution in [3.63, 3.8) is 0 Å². The summed E-state index contributed by atoms with van der Waals surface area (Å²) in [4.78, 5) is 36.5. The van der Waals surface area contributed by atoms with Gasteiger partial charge in [-0.15, -0.1) is 0 Å². The van der Waals surface area contributed by atoms with Crippen molar-refractivity contribution < 1.29 is 14.4 Å². The van der Waals surface area contributed by atoms with Gasteiger partial charge in [0.1, 0.15) is 5.92 Å². The average molecular weight is 462 g/mol. The van der Waals surface area contributed by atoms with Gasteiger partial charge in [-0.05, 0) is 60.5 Å². The lowest BCUT2D eigenvalue weighted by Crippen LogP contribution is -2.37. The summed E-state index contributed by atoms with van der Waals surface area (Å²) in [5.74, 6) is -1.30. The summed E-state index contributed by atoms with van der Waals surface area (Å²) in [7, 11) is 3.96. The van der Waals surface area contributed by atoms with Crippen LogP contribution >= 0.6 is 11.6 Å². The first-order chi connectivity index (χ1) is 15.9. The third kappa shape index (κ3) is 3.56. The highest BCUT2D eigenvalue weighted by Crippen LogP contribution is 2.48. The predicted octanol–water partition coefficient (Wildman–Crippen LogP) is 4.77. The number of amides is 2. The van der Waals surface area contributed by atoms with E-state index in [-0.39, 0.29) is 11.8 Å². The smallest absolute Gasteiger partial charge is 0.266 e. The number of para-hydroxylation sites is 1. The molecule has 5 rings (SSSR count). The number of hydroxylamine groups is 1. The summed E-state index contributed by atoms with van der Waals surface area (Å²) in [6.07, 6.45) is -0.897. The number of hydrogen-bond donors (Lipinski definition) is 0. The van der Waals surface area contributed by atoms with Crippen LogP contribution in [0.25, 0.3) is 0 Å². The minimum Gasteiger partial charge on any atom is -0.378 e. The highest BCUT2D eigenvalue weighted by atomic mass is 35.5. The molecule has 2 heterocycles. The molecule has 0 saturated carbocycles. The number of carbonyl (C=O) groups excluding carboxylic acids is 2. The van der Waals surface area contributed by atoms with Crippen LogP contribution < -0.4 is 14.9 Å². The molecule has 2 amide bonds. The van der Waals surface area contributed by atoms with Gasteiger partial charge in [0, 0.05) is 24.8 Å². The van der Waals surface area contributed by atoms with E-state index in [2.05, 4.69) is 0 Å². The second kappa shape index (κ2) is 8.21. The molecule has 7 heteroatoms. The van der Waals surface area contributed by atoms with Crippen LogP contribution in [0.15, 0.2) is 72.8 Å². The fourth-order valence-corrected chi connectivity index (χ4v) is 4.71. The second-order valence-corrected chi connectivity index (χ2v) is 9.02. The van der Waals surface area contributed by atoms with Gasteiger partial charge in [0.25, 0.3) is 5.91 Å². The Morgan fingerprint density at radius 2 is 1.55 bits per heavy atom. The Kier molecular flexibility index (Phi) is 5.35. The molecule has 0 bridgehead atoms. The summed E-state index contributed by atoms with van der Waals surface area (Å²) in [6, 6.07) is 22.1. The van der Waals surface area contributed by atoms with E-state index >= 15 is 0 Å². The third-order valence-corrected chi connectivity index (χ3v) is 6.56. The van der Waals surface area contributed by atoms with E-state index < -0.39 is 18.1 Å². The third-order valence-electron chi connectivity index (χ3n) is 6.30. The molecule has 2 aliphatic heterocycles. The van der Waals surface area contributed by atoms with Gasteiger partial charge in [-0.25, -0.2) is 9.96 Å². The Hall–Kier alpha value is -3.35. The number of fused-ring (bicyclic) bond motifs is 1. The van der Waals surface area contributed by atoms with E-state index in [0.29, 0.717) is 10.7 Å². The van der Waals surface area contributed by atoms with E-state index in [4.69, 9.17) is 16.4 Å². The molecule has 33 heavy (non-hydrogen) atoms. The van der Waals surface area contributed by atoms with Gasteiger partial charge < -0.3 is 4.90 Å². The molecular weight excluding hydrogens is 438 g/mol. The van der Waals surface area contributed by atoms with E-state index in [9.17, 15) is 9.59 Å². The van der Waals surface area contributed by atoms with Gasteiger partial charge in [-0.2, -0.15) is 0 Å². The maximum Gasteiger partial charge on any atom is 0.266 e. The number of benzene rings is 3. The maximum absolute atomic E-state index is 13.7. The summed E-state index contributed by atoms with van der Waals surface area (Å²) in [6.45, 7) is 1.99. The molecule has 2 fully saturated rings. The molecule has 2 saturated heterocycles. The van der Waals surface area contributed by atoms with Crippen molar-refractivity contribution in [2.24, 2.45) is 5.92 Å². The predicted molar refractivity (Wildman–Crippen MR) is 129 cm³/mol. The zero-order chi connectivity index (χ0) is 23.3. The molecule has 3 aromatic carbocycles. The molecule has 0 N–H and O–H groups in total. The summed E-state index contributed by atoms with van der Waals surface area (Å²) in [5.41, 5.74) is 4.30. The Morgan fingerprint density at radius 3 is 2.18 bits per heavy atom. The van der Waals surface area contributed by atoms with Gasteiger partial charge in [-0.1, -0.05) is 41.9 Å². The lowest BCUT2D eigenvalue weighted by atomic mass is 9.90. The molecule has 3 atom stereocenters. The Morgan fingerprint density at radius 1 is 0.879 bits per heavy atom. The van der Waals surface area contributed by atoms with Crippen LogP contribution in [-0.4, -0.2) is 32.0 Å². The zero-order valence-corrected chi connectivity index (χ0v) is 19.4. The van der Waals surface area contributed by atoms with E-state index in [0.717, 1.165) is 22.5 Å². The van der Waals surface area contributed by atoms with Crippen molar-refractivity contribution in [2.75, 3.05) is 29.0 Å². The number of halogens is 1. The lowest BCUT2D eigenvalue weighted by Gasteiger charge is -2.30.